The van der Waals surface area contributed by atoms with Crippen LogP contribution in [0.25, 0.3) is 10.8 Å². The van der Waals surface area contributed by atoms with Gasteiger partial charge in [-0.25, -0.2) is 4.79 Å². The van der Waals surface area contributed by atoms with Gasteiger partial charge in [0, 0.05) is 5.92 Å². The Labute approximate surface area is 202 Å². The molecular weight excluding hydrogens is 444 g/mol. The molecule has 35 heavy (non-hydrogen) atoms. The van der Waals surface area contributed by atoms with Gasteiger partial charge in [-0.2, -0.15) is 4.98 Å². The van der Waals surface area contributed by atoms with Crippen molar-refractivity contribution in [2.75, 3.05) is 6.61 Å². The summed E-state index contributed by atoms with van der Waals surface area (Å²) in [5, 5.41) is 9.06. The second-order valence-corrected chi connectivity index (χ2v) is 8.76. The molecule has 4 aromatic rings. The molecule has 8 nitrogen and oxygen atoms in total. The van der Waals surface area contributed by atoms with E-state index in [2.05, 4.69) is 15.5 Å². The molecule has 0 aliphatic heterocycles. The maximum atomic E-state index is 13.2. The first-order chi connectivity index (χ1) is 17.0. The van der Waals surface area contributed by atoms with Crippen molar-refractivity contribution < 1.29 is 18.8 Å². The van der Waals surface area contributed by atoms with Gasteiger partial charge in [-0.1, -0.05) is 72.8 Å². The standard InChI is InChI=1S/C27H26N4O4/c1-2-34-25(33)23-29-26(35-31-23)27(16-21(27)19-9-4-3-5-10-19)30-24(32)22(28)15-17-12-13-18-8-6-7-11-20(18)14-17/h3-14,21-22H,2,15-16,28H2,1H3,(H,30,32)/t21-,22?,27?/m1/s1. The van der Waals surface area contributed by atoms with Crippen molar-refractivity contribution in [1.82, 2.24) is 15.5 Å². The van der Waals surface area contributed by atoms with E-state index >= 15 is 0 Å². The average molecular weight is 471 g/mol. The van der Waals surface area contributed by atoms with E-state index in [-0.39, 0.29) is 30.1 Å². The third-order valence-electron chi connectivity index (χ3n) is 6.38. The molecule has 8 heteroatoms. The molecule has 0 radical (unpaired) electrons. The molecule has 0 bridgehead atoms. The van der Waals surface area contributed by atoms with E-state index in [9.17, 15) is 9.59 Å². The van der Waals surface area contributed by atoms with Crippen LogP contribution in [0.15, 0.2) is 77.3 Å². The number of hydrogen-bond acceptors (Lipinski definition) is 7. The van der Waals surface area contributed by atoms with E-state index in [4.69, 9.17) is 15.0 Å². The molecule has 1 heterocycles. The minimum Gasteiger partial charge on any atom is -0.460 e. The molecule has 3 N–H and O–H groups in total. The summed E-state index contributed by atoms with van der Waals surface area (Å²) in [6.07, 6.45) is 0.927. The summed E-state index contributed by atoms with van der Waals surface area (Å²) < 4.78 is 10.4. The summed E-state index contributed by atoms with van der Waals surface area (Å²) in [5.74, 6) is -1.09. The maximum Gasteiger partial charge on any atom is 0.379 e. The number of nitrogens with zero attached hydrogens (tertiary/aromatic N) is 2. The van der Waals surface area contributed by atoms with E-state index in [1.807, 2.05) is 72.8 Å². The normalized spacial score (nSPS) is 19.8. The lowest BCUT2D eigenvalue weighted by Crippen LogP contribution is -2.47. The highest BCUT2D eigenvalue weighted by Gasteiger charge is 2.61. The molecule has 2 unspecified atom stereocenters. The monoisotopic (exact) mass is 470 g/mol. The Hall–Kier alpha value is -4.04. The lowest BCUT2D eigenvalue weighted by atomic mass is 10.0. The van der Waals surface area contributed by atoms with E-state index < -0.39 is 17.6 Å². The molecule has 1 saturated carbocycles. The summed E-state index contributed by atoms with van der Waals surface area (Å²) in [5.41, 5.74) is 7.39. The third-order valence-corrected chi connectivity index (χ3v) is 6.38. The largest absolute Gasteiger partial charge is 0.460 e. The predicted octanol–water partition coefficient (Wildman–Crippen LogP) is 3.47. The SMILES string of the molecule is CCOC(=O)c1noc(C2(NC(=O)C(N)Cc3ccc4ccccc4c3)C[C@@H]2c2ccccc2)n1. The number of nitrogens with two attached hydrogens (primary N) is 1. The van der Waals surface area contributed by atoms with Crippen LogP contribution in [0.1, 0.15) is 46.9 Å². The average Bonchev–Trinajstić information content (AvgIpc) is 3.37. The van der Waals surface area contributed by atoms with Crippen molar-refractivity contribution in [1.29, 1.82) is 0 Å². The fraction of sp³-hybridized carbons (Fsp3) is 0.259. The number of benzene rings is 3. The molecule has 0 spiro atoms. The fourth-order valence-electron chi connectivity index (χ4n) is 4.49. The zero-order chi connectivity index (χ0) is 24.4. The minimum atomic E-state index is -0.933. The number of hydrogen-bond donors (Lipinski definition) is 2. The molecule has 1 aromatic heterocycles. The van der Waals surface area contributed by atoms with Crippen LogP contribution in [0.4, 0.5) is 0 Å². The second-order valence-electron chi connectivity index (χ2n) is 8.76. The Kier molecular flexibility index (Phi) is 6.05. The maximum absolute atomic E-state index is 13.2. The third kappa shape index (κ3) is 4.52. The van der Waals surface area contributed by atoms with E-state index in [1.165, 1.54) is 0 Å². The number of rotatable bonds is 8. The number of carbonyl (C=O) groups excluding carboxylic acids is 2. The van der Waals surface area contributed by atoms with Crippen molar-refractivity contribution in [2.45, 2.75) is 37.3 Å². The van der Waals surface area contributed by atoms with Gasteiger partial charge in [0.1, 0.15) is 5.54 Å². The number of amides is 1. The zero-order valence-corrected chi connectivity index (χ0v) is 19.3. The quantitative estimate of drug-likeness (QED) is 0.378. The van der Waals surface area contributed by atoms with Crippen LogP contribution in [0.5, 0.6) is 0 Å². The number of carbonyl (C=O) groups is 2. The number of ether oxygens (including phenoxy) is 1. The first-order valence-electron chi connectivity index (χ1n) is 11.6. The highest BCUT2D eigenvalue weighted by molar-refractivity contribution is 5.86. The smallest absolute Gasteiger partial charge is 0.379 e. The van der Waals surface area contributed by atoms with Crippen LogP contribution < -0.4 is 11.1 Å². The summed E-state index contributed by atoms with van der Waals surface area (Å²) in [4.78, 5) is 29.6. The van der Waals surface area contributed by atoms with Crippen LogP contribution in [0.2, 0.25) is 0 Å². The summed E-state index contributed by atoms with van der Waals surface area (Å²) in [6, 6.07) is 23.1. The van der Waals surface area contributed by atoms with E-state index in [1.54, 1.807) is 6.92 Å². The van der Waals surface area contributed by atoms with Gasteiger partial charge < -0.3 is 20.3 Å². The van der Waals surface area contributed by atoms with Crippen LogP contribution in [-0.2, 0) is 21.5 Å². The van der Waals surface area contributed by atoms with Crippen molar-refractivity contribution in [2.24, 2.45) is 5.73 Å². The van der Waals surface area contributed by atoms with Crippen LogP contribution in [0.3, 0.4) is 0 Å². The zero-order valence-electron chi connectivity index (χ0n) is 19.3. The molecule has 178 valence electrons. The summed E-state index contributed by atoms with van der Waals surface area (Å²) in [6.45, 7) is 1.89. The Balaban J connectivity index is 1.37. The molecule has 3 aromatic carbocycles. The van der Waals surface area contributed by atoms with Gasteiger partial charge in [0.25, 0.3) is 11.7 Å². The fourth-order valence-corrected chi connectivity index (χ4v) is 4.49. The number of aromatic nitrogens is 2. The molecule has 1 aliphatic carbocycles. The Morgan fingerprint density at radius 3 is 2.63 bits per heavy atom. The molecule has 1 fully saturated rings. The topological polar surface area (TPSA) is 120 Å². The molecule has 3 atom stereocenters. The lowest BCUT2D eigenvalue weighted by molar-refractivity contribution is -0.123. The van der Waals surface area contributed by atoms with Gasteiger partial charge in [-0.3, -0.25) is 4.79 Å². The minimum absolute atomic E-state index is 0.0870. The number of fused-ring (bicyclic) bond motifs is 1. The van der Waals surface area contributed by atoms with Crippen molar-refractivity contribution in [3.8, 4) is 0 Å². The van der Waals surface area contributed by atoms with Crippen LogP contribution >= 0.6 is 0 Å². The van der Waals surface area contributed by atoms with Crippen molar-refractivity contribution in [3.05, 3.63) is 95.6 Å². The highest BCUT2D eigenvalue weighted by Crippen LogP contribution is 2.58. The van der Waals surface area contributed by atoms with Crippen LogP contribution in [-0.4, -0.2) is 34.7 Å². The molecular formula is C27H26N4O4. The predicted molar refractivity (Wildman–Crippen MR) is 130 cm³/mol. The van der Waals surface area contributed by atoms with E-state index in [0.717, 1.165) is 21.9 Å². The molecule has 0 saturated heterocycles. The Morgan fingerprint density at radius 1 is 1.11 bits per heavy atom. The first-order valence-corrected chi connectivity index (χ1v) is 11.6. The molecule has 5 rings (SSSR count). The summed E-state index contributed by atoms with van der Waals surface area (Å²) >= 11 is 0. The van der Waals surface area contributed by atoms with Gasteiger partial charge in [-0.05, 0) is 46.8 Å². The van der Waals surface area contributed by atoms with Gasteiger partial charge >= 0.3 is 5.97 Å². The van der Waals surface area contributed by atoms with Gasteiger partial charge in [0.15, 0.2) is 0 Å². The number of esters is 1. The Bertz CT molecular complexity index is 1370. The molecule has 1 amide bonds. The first kappa shape index (κ1) is 22.7. The van der Waals surface area contributed by atoms with Crippen molar-refractivity contribution >= 4 is 22.6 Å². The van der Waals surface area contributed by atoms with Gasteiger partial charge in [0.05, 0.1) is 12.6 Å². The summed E-state index contributed by atoms with van der Waals surface area (Å²) in [7, 11) is 0. The Morgan fingerprint density at radius 2 is 1.86 bits per heavy atom. The van der Waals surface area contributed by atoms with Gasteiger partial charge in [0.2, 0.25) is 5.91 Å². The second kappa shape index (κ2) is 9.31. The molecule has 1 aliphatic rings. The van der Waals surface area contributed by atoms with Gasteiger partial charge in [-0.15, -0.1) is 0 Å². The van der Waals surface area contributed by atoms with Crippen LogP contribution in [0, 0.1) is 0 Å². The highest BCUT2D eigenvalue weighted by atomic mass is 16.5. The van der Waals surface area contributed by atoms with Crippen molar-refractivity contribution in [3.63, 3.8) is 0 Å². The number of nitrogens with one attached hydrogen (secondary N) is 1. The lowest BCUT2D eigenvalue weighted by Gasteiger charge is -2.19. The van der Waals surface area contributed by atoms with E-state index in [0.29, 0.717) is 12.8 Å².